The maximum absolute atomic E-state index is 12.1. The third-order valence-corrected chi connectivity index (χ3v) is 4.10. The van der Waals surface area contributed by atoms with Gasteiger partial charge >= 0.3 is 0 Å². The molecule has 0 bridgehead atoms. The zero-order valence-corrected chi connectivity index (χ0v) is 9.95. The Hall–Kier alpha value is -1.32. The minimum atomic E-state index is 0.144. The monoisotopic (exact) mass is 234 g/mol. The van der Waals surface area contributed by atoms with Crippen LogP contribution in [0.15, 0.2) is 11.6 Å². The number of hydrogen-bond donors (Lipinski definition) is 1. The molecule has 4 heteroatoms. The van der Waals surface area contributed by atoms with E-state index in [2.05, 4.69) is 11.4 Å². The molecule has 3 rings (SSSR count). The van der Waals surface area contributed by atoms with E-state index in [1.54, 1.807) is 0 Å². The minimum absolute atomic E-state index is 0.144. The Bertz CT molecular complexity index is 373. The Labute approximate surface area is 101 Å². The molecule has 0 aromatic rings. The van der Waals surface area contributed by atoms with Crippen molar-refractivity contribution in [3.8, 4) is 0 Å². The quantitative estimate of drug-likeness (QED) is 0.720. The van der Waals surface area contributed by atoms with Crippen LogP contribution in [0, 0.1) is 5.92 Å². The molecule has 2 amide bonds. The van der Waals surface area contributed by atoms with Gasteiger partial charge in [-0.3, -0.25) is 9.59 Å². The molecule has 2 atom stereocenters. The van der Waals surface area contributed by atoms with Gasteiger partial charge in [-0.15, -0.1) is 0 Å². The van der Waals surface area contributed by atoms with Crippen molar-refractivity contribution in [3.05, 3.63) is 11.6 Å². The van der Waals surface area contributed by atoms with Crippen molar-refractivity contribution in [1.29, 1.82) is 0 Å². The second kappa shape index (κ2) is 4.17. The fourth-order valence-electron chi connectivity index (χ4n) is 3.15. The van der Waals surface area contributed by atoms with Crippen molar-refractivity contribution in [1.82, 2.24) is 10.2 Å². The Morgan fingerprint density at radius 2 is 2.35 bits per heavy atom. The van der Waals surface area contributed by atoms with E-state index in [-0.39, 0.29) is 17.9 Å². The predicted molar refractivity (Wildman–Crippen MR) is 63.2 cm³/mol. The van der Waals surface area contributed by atoms with Crippen molar-refractivity contribution >= 4 is 11.8 Å². The first-order chi connectivity index (χ1) is 8.22. The van der Waals surface area contributed by atoms with Gasteiger partial charge in [-0.1, -0.05) is 11.6 Å². The molecular weight excluding hydrogens is 216 g/mol. The molecule has 0 radical (unpaired) electrons. The van der Waals surface area contributed by atoms with E-state index < -0.39 is 0 Å². The van der Waals surface area contributed by atoms with E-state index >= 15 is 0 Å². The molecule has 2 heterocycles. The summed E-state index contributed by atoms with van der Waals surface area (Å²) in [5, 5.41) is 2.95. The summed E-state index contributed by atoms with van der Waals surface area (Å²) in [6.45, 7) is 1.47. The highest BCUT2D eigenvalue weighted by atomic mass is 16.2. The van der Waals surface area contributed by atoms with Crippen LogP contribution in [0.2, 0.25) is 0 Å². The molecule has 17 heavy (non-hydrogen) atoms. The van der Waals surface area contributed by atoms with Crippen LogP contribution >= 0.6 is 0 Å². The lowest BCUT2D eigenvalue weighted by Crippen LogP contribution is -2.35. The van der Waals surface area contributed by atoms with Crippen LogP contribution in [-0.4, -0.2) is 35.8 Å². The van der Waals surface area contributed by atoms with Gasteiger partial charge in [0.25, 0.3) is 0 Å². The van der Waals surface area contributed by atoms with Crippen molar-refractivity contribution in [2.24, 2.45) is 5.92 Å². The zero-order chi connectivity index (χ0) is 11.8. The number of carbonyl (C=O) groups excluding carboxylic acids is 2. The van der Waals surface area contributed by atoms with Gasteiger partial charge in [0.05, 0.1) is 6.04 Å². The minimum Gasteiger partial charge on any atom is -0.351 e. The Balaban J connectivity index is 1.56. The average Bonchev–Trinajstić information content (AvgIpc) is 2.92. The molecule has 0 aromatic heterocycles. The van der Waals surface area contributed by atoms with Crippen LogP contribution in [0.3, 0.4) is 0 Å². The smallest absolute Gasteiger partial charge is 0.226 e. The number of nitrogens with one attached hydrogen (secondary N) is 1. The summed E-state index contributed by atoms with van der Waals surface area (Å²) in [5.41, 5.74) is 1.30. The summed E-state index contributed by atoms with van der Waals surface area (Å²) in [6.07, 6.45) is 6.80. The lowest BCUT2D eigenvalue weighted by Gasteiger charge is -2.17. The molecule has 0 spiro atoms. The fourth-order valence-corrected chi connectivity index (χ4v) is 3.15. The summed E-state index contributed by atoms with van der Waals surface area (Å²) in [4.78, 5) is 25.2. The van der Waals surface area contributed by atoms with Crippen LogP contribution in [-0.2, 0) is 9.59 Å². The van der Waals surface area contributed by atoms with Gasteiger partial charge in [0.1, 0.15) is 0 Å². The summed E-state index contributed by atoms with van der Waals surface area (Å²) < 4.78 is 0. The highest BCUT2D eigenvalue weighted by molar-refractivity contribution is 5.82. The van der Waals surface area contributed by atoms with Crippen LogP contribution in [0.4, 0.5) is 0 Å². The molecule has 4 nitrogen and oxygen atoms in total. The van der Waals surface area contributed by atoms with E-state index in [0.29, 0.717) is 25.3 Å². The highest BCUT2D eigenvalue weighted by Gasteiger charge is 2.41. The lowest BCUT2D eigenvalue weighted by atomic mass is 10.1. The molecule has 2 saturated heterocycles. The normalized spacial score (nSPS) is 31.4. The molecule has 1 aliphatic carbocycles. The van der Waals surface area contributed by atoms with Gasteiger partial charge in [0.15, 0.2) is 0 Å². The van der Waals surface area contributed by atoms with Crippen LogP contribution in [0.25, 0.3) is 0 Å². The van der Waals surface area contributed by atoms with Crippen molar-refractivity contribution < 1.29 is 9.59 Å². The first-order valence-corrected chi connectivity index (χ1v) is 6.47. The molecule has 3 aliphatic rings. The largest absolute Gasteiger partial charge is 0.351 e. The molecule has 2 aliphatic heterocycles. The van der Waals surface area contributed by atoms with Gasteiger partial charge in [-0.05, 0) is 19.3 Å². The van der Waals surface area contributed by atoms with Crippen LogP contribution in [0.5, 0.6) is 0 Å². The lowest BCUT2D eigenvalue weighted by molar-refractivity contribution is -0.130. The summed E-state index contributed by atoms with van der Waals surface area (Å²) in [5.74, 6) is 0.733. The van der Waals surface area contributed by atoms with E-state index in [1.165, 1.54) is 12.0 Å². The first-order valence-electron chi connectivity index (χ1n) is 6.47. The van der Waals surface area contributed by atoms with E-state index in [4.69, 9.17) is 0 Å². The molecule has 92 valence electrons. The highest BCUT2D eigenvalue weighted by Crippen LogP contribution is 2.27. The topological polar surface area (TPSA) is 49.4 Å². The van der Waals surface area contributed by atoms with Crippen molar-refractivity contribution in [2.45, 2.75) is 38.1 Å². The third-order valence-electron chi connectivity index (χ3n) is 4.10. The fraction of sp³-hybridized carbons (Fsp3) is 0.692. The summed E-state index contributed by atoms with van der Waals surface area (Å²) in [7, 11) is 0. The number of carbonyl (C=O) groups is 2. The van der Waals surface area contributed by atoms with Crippen LogP contribution < -0.4 is 5.32 Å². The van der Waals surface area contributed by atoms with Crippen molar-refractivity contribution in [3.63, 3.8) is 0 Å². The number of nitrogens with zero attached hydrogens (tertiary/aromatic N) is 1. The molecular formula is C13H18N2O2. The number of hydrogen-bond acceptors (Lipinski definition) is 2. The zero-order valence-electron chi connectivity index (χ0n) is 9.95. The standard InChI is InChI=1S/C13H18N2O2/c16-12-6-10-7-15(8-11(10)14-12)13(17)5-9-3-1-2-4-9/h3,10-11H,1-2,4-8H2,(H,14,16)/t10-,11+/m0/s1. The van der Waals surface area contributed by atoms with Crippen LogP contribution in [0.1, 0.15) is 32.1 Å². The summed E-state index contributed by atoms with van der Waals surface area (Å²) in [6, 6.07) is 0.212. The van der Waals surface area contributed by atoms with E-state index in [0.717, 1.165) is 19.4 Å². The molecule has 2 fully saturated rings. The Morgan fingerprint density at radius 3 is 3.06 bits per heavy atom. The van der Waals surface area contributed by atoms with E-state index in [9.17, 15) is 9.59 Å². The molecule has 0 unspecified atom stereocenters. The number of amides is 2. The Morgan fingerprint density at radius 1 is 1.47 bits per heavy atom. The maximum Gasteiger partial charge on any atom is 0.226 e. The van der Waals surface area contributed by atoms with Gasteiger partial charge in [-0.25, -0.2) is 0 Å². The molecule has 0 aromatic carbocycles. The number of allylic oxidation sites excluding steroid dienone is 1. The molecule has 0 saturated carbocycles. The Kier molecular flexibility index (Phi) is 2.65. The second-order valence-corrected chi connectivity index (χ2v) is 5.37. The van der Waals surface area contributed by atoms with Gasteiger partial charge in [-0.2, -0.15) is 0 Å². The molecule has 1 N–H and O–H groups in total. The second-order valence-electron chi connectivity index (χ2n) is 5.37. The third kappa shape index (κ3) is 2.08. The summed E-state index contributed by atoms with van der Waals surface area (Å²) >= 11 is 0. The average molecular weight is 234 g/mol. The number of likely N-dealkylation sites (tertiary alicyclic amines) is 1. The predicted octanol–water partition coefficient (Wildman–Crippen LogP) is 0.834. The number of fused-ring (bicyclic) bond motifs is 1. The first kappa shape index (κ1) is 10.8. The van der Waals surface area contributed by atoms with Gasteiger partial charge in [0, 0.05) is 31.8 Å². The van der Waals surface area contributed by atoms with Gasteiger partial charge in [0.2, 0.25) is 11.8 Å². The SMILES string of the molecule is O=C1C[C@H]2CN(C(=O)CC3=CCCC3)C[C@H]2N1. The van der Waals surface area contributed by atoms with Gasteiger partial charge < -0.3 is 10.2 Å². The van der Waals surface area contributed by atoms with Crippen molar-refractivity contribution in [2.75, 3.05) is 13.1 Å². The van der Waals surface area contributed by atoms with E-state index in [1.807, 2.05) is 4.90 Å². The number of rotatable bonds is 2. The maximum atomic E-state index is 12.1.